The fraction of sp³-hybridized carbons (Fsp3) is 0.429. The summed E-state index contributed by atoms with van der Waals surface area (Å²) in [6.45, 7) is 2.77. The third-order valence-corrected chi connectivity index (χ3v) is 4.54. The maximum atomic E-state index is 5.72. The highest BCUT2D eigenvalue weighted by Gasteiger charge is 2.21. The van der Waals surface area contributed by atoms with Crippen molar-refractivity contribution in [2.75, 3.05) is 24.5 Å². The number of hydrogen-bond acceptors (Lipinski definition) is 4. The molecule has 20 heavy (non-hydrogen) atoms. The second-order valence-electron chi connectivity index (χ2n) is 5.16. The molecule has 1 aliphatic rings. The van der Waals surface area contributed by atoms with Gasteiger partial charge in [0.05, 0.1) is 0 Å². The quantitative estimate of drug-likeness (QED) is 0.798. The SMILES string of the molecule is NCC1CCN(c2n[nH]c(-c3ccc(I)cc3)n2)CC1. The smallest absolute Gasteiger partial charge is 0.245 e. The summed E-state index contributed by atoms with van der Waals surface area (Å²) in [7, 11) is 0. The minimum absolute atomic E-state index is 0.654. The third-order valence-electron chi connectivity index (χ3n) is 3.82. The standard InChI is InChI=1S/C14H18IN5/c15-12-3-1-11(2-4-12)13-17-14(19-18-13)20-7-5-10(9-16)6-8-20/h1-4,10H,5-9,16H2,(H,17,18,19). The molecule has 1 fully saturated rings. The van der Waals surface area contributed by atoms with Crippen LogP contribution < -0.4 is 10.6 Å². The number of halogens is 1. The Morgan fingerprint density at radius 2 is 1.95 bits per heavy atom. The van der Waals surface area contributed by atoms with E-state index in [4.69, 9.17) is 5.73 Å². The molecular weight excluding hydrogens is 365 g/mol. The number of nitrogens with two attached hydrogens (primary N) is 1. The number of hydrogen-bond donors (Lipinski definition) is 2. The number of nitrogens with one attached hydrogen (secondary N) is 1. The highest BCUT2D eigenvalue weighted by molar-refractivity contribution is 14.1. The molecule has 0 aliphatic carbocycles. The first kappa shape index (κ1) is 13.8. The molecule has 106 valence electrons. The normalized spacial score (nSPS) is 16.6. The summed E-state index contributed by atoms with van der Waals surface area (Å²) in [6.07, 6.45) is 2.26. The predicted octanol–water partition coefficient (Wildman–Crippen LogP) is 2.25. The first-order valence-electron chi connectivity index (χ1n) is 6.89. The Bertz CT molecular complexity index is 557. The van der Waals surface area contributed by atoms with Crippen LogP contribution in [0.15, 0.2) is 24.3 Å². The fourth-order valence-corrected chi connectivity index (χ4v) is 2.86. The molecule has 0 atom stereocenters. The van der Waals surface area contributed by atoms with E-state index >= 15 is 0 Å². The van der Waals surface area contributed by atoms with Gasteiger partial charge in [-0.2, -0.15) is 4.98 Å². The molecule has 2 heterocycles. The van der Waals surface area contributed by atoms with Crippen molar-refractivity contribution >= 4 is 28.5 Å². The lowest BCUT2D eigenvalue weighted by atomic mass is 9.97. The third kappa shape index (κ3) is 2.95. The van der Waals surface area contributed by atoms with Crippen molar-refractivity contribution < 1.29 is 0 Å². The Morgan fingerprint density at radius 3 is 2.60 bits per heavy atom. The van der Waals surface area contributed by atoms with Crippen LogP contribution in [0.3, 0.4) is 0 Å². The Labute approximate surface area is 132 Å². The van der Waals surface area contributed by atoms with Crippen LogP contribution in [0.1, 0.15) is 12.8 Å². The summed E-state index contributed by atoms with van der Waals surface area (Å²) >= 11 is 2.30. The van der Waals surface area contributed by atoms with E-state index in [1.165, 1.54) is 3.57 Å². The zero-order valence-corrected chi connectivity index (χ0v) is 13.4. The summed E-state index contributed by atoms with van der Waals surface area (Å²) in [5, 5.41) is 7.38. The van der Waals surface area contributed by atoms with Gasteiger partial charge in [-0.25, -0.2) is 0 Å². The molecule has 0 saturated carbocycles. The number of benzene rings is 1. The maximum absolute atomic E-state index is 5.72. The van der Waals surface area contributed by atoms with Gasteiger partial charge in [0.25, 0.3) is 0 Å². The van der Waals surface area contributed by atoms with Gasteiger partial charge >= 0.3 is 0 Å². The summed E-state index contributed by atoms with van der Waals surface area (Å²) in [6, 6.07) is 8.27. The topological polar surface area (TPSA) is 70.8 Å². The monoisotopic (exact) mass is 383 g/mol. The van der Waals surface area contributed by atoms with Gasteiger partial charge in [-0.3, -0.25) is 5.10 Å². The number of nitrogens with zero attached hydrogens (tertiary/aromatic N) is 3. The average molecular weight is 383 g/mol. The van der Waals surface area contributed by atoms with Crippen LogP contribution in [0.2, 0.25) is 0 Å². The number of rotatable bonds is 3. The molecule has 0 radical (unpaired) electrons. The van der Waals surface area contributed by atoms with Crippen molar-refractivity contribution in [1.29, 1.82) is 0 Å². The second kappa shape index (κ2) is 6.09. The fourth-order valence-electron chi connectivity index (χ4n) is 2.50. The van der Waals surface area contributed by atoms with Crippen LogP contribution in [-0.2, 0) is 0 Å². The predicted molar refractivity (Wildman–Crippen MR) is 88.5 cm³/mol. The maximum Gasteiger partial charge on any atom is 0.245 e. The lowest BCUT2D eigenvalue weighted by molar-refractivity contribution is 0.411. The van der Waals surface area contributed by atoms with Crippen LogP contribution >= 0.6 is 22.6 Å². The molecule has 1 aliphatic heterocycles. The van der Waals surface area contributed by atoms with E-state index in [0.29, 0.717) is 5.92 Å². The largest absolute Gasteiger partial charge is 0.340 e. The number of anilines is 1. The number of aromatic amines is 1. The summed E-state index contributed by atoms with van der Waals surface area (Å²) in [5.41, 5.74) is 6.79. The second-order valence-corrected chi connectivity index (χ2v) is 6.40. The highest BCUT2D eigenvalue weighted by atomic mass is 127. The highest BCUT2D eigenvalue weighted by Crippen LogP contribution is 2.22. The molecule has 0 spiro atoms. The number of aromatic nitrogens is 3. The molecule has 5 nitrogen and oxygen atoms in total. The van der Waals surface area contributed by atoms with E-state index in [1.807, 2.05) is 0 Å². The van der Waals surface area contributed by atoms with Crippen molar-refractivity contribution in [2.45, 2.75) is 12.8 Å². The van der Waals surface area contributed by atoms with E-state index in [9.17, 15) is 0 Å². The van der Waals surface area contributed by atoms with E-state index < -0.39 is 0 Å². The minimum atomic E-state index is 0.654. The van der Waals surface area contributed by atoms with Gasteiger partial charge < -0.3 is 10.6 Å². The molecule has 6 heteroatoms. The summed E-state index contributed by atoms with van der Waals surface area (Å²) in [4.78, 5) is 6.85. The molecule has 1 aromatic heterocycles. The zero-order chi connectivity index (χ0) is 13.9. The van der Waals surface area contributed by atoms with Gasteiger partial charge in [-0.15, -0.1) is 5.10 Å². The van der Waals surface area contributed by atoms with E-state index in [0.717, 1.165) is 49.8 Å². The summed E-state index contributed by atoms with van der Waals surface area (Å²) < 4.78 is 1.22. The zero-order valence-electron chi connectivity index (χ0n) is 11.2. The molecule has 1 saturated heterocycles. The van der Waals surface area contributed by atoms with Crippen molar-refractivity contribution in [3.8, 4) is 11.4 Å². The molecule has 2 aromatic rings. The number of H-pyrrole nitrogens is 1. The van der Waals surface area contributed by atoms with Crippen molar-refractivity contribution in [3.63, 3.8) is 0 Å². The molecule has 0 bridgehead atoms. The van der Waals surface area contributed by atoms with Crippen LogP contribution in [0.4, 0.5) is 5.95 Å². The van der Waals surface area contributed by atoms with Gasteiger partial charge in [0, 0.05) is 22.2 Å². The molecule has 0 unspecified atom stereocenters. The van der Waals surface area contributed by atoms with Gasteiger partial charge in [0.1, 0.15) is 0 Å². The molecular formula is C14H18IN5. The average Bonchev–Trinajstić information content (AvgIpc) is 2.98. The van der Waals surface area contributed by atoms with Gasteiger partial charge in [-0.05, 0) is 60.0 Å². The Balaban J connectivity index is 1.72. The van der Waals surface area contributed by atoms with Gasteiger partial charge in [0.15, 0.2) is 5.82 Å². The van der Waals surface area contributed by atoms with Crippen molar-refractivity contribution in [3.05, 3.63) is 27.8 Å². The first-order valence-corrected chi connectivity index (χ1v) is 7.97. The van der Waals surface area contributed by atoms with Crippen molar-refractivity contribution in [2.24, 2.45) is 11.7 Å². The Kier molecular flexibility index (Phi) is 4.21. The van der Waals surface area contributed by atoms with E-state index in [2.05, 4.69) is 66.9 Å². The molecule has 0 amide bonds. The van der Waals surface area contributed by atoms with Crippen LogP contribution in [0.5, 0.6) is 0 Å². The van der Waals surface area contributed by atoms with Crippen molar-refractivity contribution in [1.82, 2.24) is 15.2 Å². The van der Waals surface area contributed by atoms with Crippen LogP contribution in [-0.4, -0.2) is 34.8 Å². The Morgan fingerprint density at radius 1 is 1.25 bits per heavy atom. The van der Waals surface area contributed by atoms with Crippen LogP contribution in [0, 0.1) is 9.49 Å². The van der Waals surface area contributed by atoms with Gasteiger partial charge in [0.2, 0.25) is 5.95 Å². The number of piperidine rings is 1. The molecule has 3 rings (SSSR count). The van der Waals surface area contributed by atoms with Crippen LogP contribution in [0.25, 0.3) is 11.4 Å². The van der Waals surface area contributed by atoms with E-state index in [-0.39, 0.29) is 0 Å². The molecule has 1 aromatic carbocycles. The first-order chi connectivity index (χ1) is 9.76. The van der Waals surface area contributed by atoms with Gasteiger partial charge in [-0.1, -0.05) is 12.1 Å². The molecule has 3 N–H and O–H groups in total. The Hall–Kier alpha value is -1.15. The lowest BCUT2D eigenvalue weighted by Crippen LogP contribution is -2.36. The summed E-state index contributed by atoms with van der Waals surface area (Å²) in [5.74, 6) is 2.28. The lowest BCUT2D eigenvalue weighted by Gasteiger charge is -2.30. The van der Waals surface area contributed by atoms with E-state index in [1.54, 1.807) is 0 Å². The minimum Gasteiger partial charge on any atom is -0.340 e.